The lowest BCUT2D eigenvalue weighted by Gasteiger charge is -2.51. The van der Waals surface area contributed by atoms with Gasteiger partial charge in [-0.3, -0.25) is 14.5 Å². The fraction of sp³-hybridized carbons (Fsp3) is 0.550. The van der Waals surface area contributed by atoms with Gasteiger partial charge in [-0.2, -0.15) is 0 Å². The van der Waals surface area contributed by atoms with Crippen molar-refractivity contribution < 1.29 is 28.8 Å². The third-order valence-corrected chi connectivity index (χ3v) is 8.90. The first-order valence-electron chi connectivity index (χ1n) is 10.7. The zero-order chi connectivity index (χ0) is 23.3. The summed E-state index contributed by atoms with van der Waals surface area (Å²) in [5, 5.41) is 19.8. The van der Waals surface area contributed by atoms with Crippen molar-refractivity contribution in [1.82, 2.24) is 15.2 Å². The van der Waals surface area contributed by atoms with E-state index in [1.165, 1.54) is 36.6 Å². The molecule has 0 aromatic carbocycles. The summed E-state index contributed by atoms with van der Waals surface area (Å²) in [5.41, 5.74) is 6.49. The quantitative estimate of drug-likeness (QED) is 0.207. The maximum atomic E-state index is 13.0. The van der Waals surface area contributed by atoms with Crippen LogP contribution in [-0.2, 0) is 19.2 Å². The first kappa shape index (κ1) is 22.2. The van der Waals surface area contributed by atoms with E-state index in [-0.39, 0.29) is 22.2 Å². The second-order valence-electron chi connectivity index (χ2n) is 8.87. The van der Waals surface area contributed by atoms with Crippen LogP contribution in [0.2, 0.25) is 0 Å². The number of quaternary nitrogens is 1. The Balaban J connectivity index is 1.33. The highest BCUT2D eigenvalue weighted by atomic mass is 32.2. The number of β-lactam (4-membered cyclic amide) rings is 1. The average Bonchev–Trinajstić information content (AvgIpc) is 3.51. The number of piperidine rings is 1. The van der Waals surface area contributed by atoms with Crippen LogP contribution in [0.4, 0.5) is 5.13 Å². The van der Waals surface area contributed by atoms with E-state index >= 15 is 0 Å². The lowest BCUT2D eigenvalue weighted by atomic mass is 10.0. The SMILES string of the molecule is CO/N=C(\C(=O)N[C@@H]1C(=O)N2C(C(=O)[O-])=C(C[N+]34CCC(CC3)C4)CS[C@H]12)c1csc(N)n1. The van der Waals surface area contributed by atoms with Crippen LogP contribution in [0.15, 0.2) is 21.8 Å². The zero-order valence-corrected chi connectivity index (χ0v) is 19.6. The van der Waals surface area contributed by atoms with Gasteiger partial charge in [0, 0.05) is 35.5 Å². The summed E-state index contributed by atoms with van der Waals surface area (Å²) in [6.45, 7) is 3.82. The topological polar surface area (TPSA) is 150 Å². The molecule has 0 radical (unpaired) electrons. The van der Waals surface area contributed by atoms with Gasteiger partial charge in [-0.25, -0.2) is 4.98 Å². The average molecular weight is 493 g/mol. The molecule has 0 unspecified atom stereocenters. The van der Waals surface area contributed by atoms with Gasteiger partial charge in [0.1, 0.15) is 30.8 Å². The summed E-state index contributed by atoms with van der Waals surface area (Å²) >= 11 is 2.60. The smallest absolute Gasteiger partial charge is 0.276 e. The van der Waals surface area contributed by atoms with Crippen LogP contribution in [0.3, 0.4) is 0 Å². The van der Waals surface area contributed by atoms with Gasteiger partial charge in [-0.15, -0.1) is 23.1 Å². The van der Waals surface area contributed by atoms with Gasteiger partial charge in [-0.05, 0) is 0 Å². The van der Waals surface area contributed by atoms with E-state index in [1.807, 2.05) is 0 Å². The van der Waals surface area contributed by atoms with Gasteiger partial charge in [0.05, 0.1) is 31.3 Å². The highest BCUT2D eigenvalue weighted by molar-refractivity contribution is 8.00. The minimum atomic E-state index is -1.35. The number of hydrogen-bond donors (Lipinski definition) is 2. The Morgan fingerprint density at radius 1 is 1.42 bits per heavy atom. The normalized spacial score (nSPS) is 30.8. The lowest BCUT2D eigenvalue weighted by Crippen LogP contribution is -2.71. The van der Waals surface area contributed by atoms with Crippen LogP contribution in [0.25, 0.3) is 0 Å². The molecule has 0 aliphatic carbocycles. The Labute approximate surface area is 198 Å². The molecule has 3 N–H and O–H groups in total. The van der Waals surface area contributed by atoms with Crippen molar-refractivity contribution >= 4 is 51.7 Å². The van der Waals surface area contributed by atoms with Crippen LogP contribution in [0.1, 0.15) is 18.5 Å². The number of hydrogen-bond acceptors (Lipinski definition) is 10. The minimum Gasteiger partial charge on any atom is -0.543 e. The molecule has 2 amide bonds. The summed E-state index contributed by atoms with van der Waals surface area (Å²) in [6, 6.07) is -0.883. The van der Waals surface area contributed by atoms with Gasteiger partial charge in [0.25, 0.3) is 11.8 Å². The molecule has 2 bridgehead atoms. The fourth-order valence-corrected chi connectivity index (χ4v) is 7.29. The Bertz CT molecular complexity index is 1080. The number of oxime groups is 1. The number of thioether (sulfide) groups is 1. The third-order valence-electron chi connectivity index (χ3n) is 6.88. The first-order valence-corrected chi connectivity index (χ1v) is 12.6. The number of carboxylic acids is 1. The summed E-state index contributed by atoms with van der Waals surface area (Å²) in [7, 11) is 1.30. The molecule has 176 valence electrons. The van der Waals surface area contributed by atoms with E-state index in [2.05, 4.69) is 15.5 Å². The number of fused-ring (bicyclic) bond motifs is 3. The minimum absolute atomic E-state index is 0.0323. The van der Waals surface area contributed by atoms with E-state index in [0.29, 0.717) is 12.3 Å². The summed E-state index contributed by atoms with van der Waals surface area (Å²) in [4.78, 5) is 47.9. The van der Waals surface area contributed by atoms with Crippen LogP contribution in [0.5, 0.6) is 0 Å². The molecule has 33 heavy (non-hydrogen) atoms. The predicted molar refractivity (Wildman–Crippen MR) is 120 cm³/mol. The van der Waals surface area contributed by atoms with Gasteiger partial charge in [0.15, 0.2) is 10.8 Å². The largest absolute Gasteiger partial charge is 0.543 e. The maximum absolute atomic E-state index is 13.0. The Hall–Kier alpha value is -2.64. The van der Waals surface area contributed by atoms with Crippen molar-refractivity contribution in [2.24, 2.45) is 11.1 Å². The molecule has 4 aliphatic heterocycles. The molecule has 3 fully saturated rings. The second kappa shape index (κ2) is 8.29. The van der Waals surface area contributed by atoms with Crippen molar-refractivity contribution in [2.75, 3.05) is 44.8 Å². The number of amides is 2. The van der Waals surface area contributed by atoms with Gasteiger partial charge < -0.3 is 30.3 Å². The van der Waals surface area contributed by atoms with Gasteiger partial charge >= 0.3 is 0 Å². The molecule has 0 spiro atoms. The standard InChI is InChI=1S/C20H24N6O5S2/c1-31-24-13(12-9-33-20(21)22-12)16(27)23-14-17(28)25-15(19(29)30)11(8-32-18(14)25)7-26-4-2-10(6-26)3-5-26/h9-10,14,18H,2-8H2,1H3,(H3-,21,22,23,27,29,30)/b24-13-/t10?,14-,18-,26?/m1/s1. The molecule has 2 atom stereocenters. The molecule has 4 aliphatic rings. The van der Waals surface area contributed by atoms with Crippen LogP contribution in [0, 0.1) is 5.92 Å². The van der Waals surface area contributed by atoms with E-state index < -0.39 is 29.2 Å². The van der Waals surface area contributed by atoms with Crippen molar-refractivity contribution in [3.05, 3.63) is 22.3 Å². The van der Waals surface area contributed by atoms with Crippen molar-refractivity contribution in [3.63, 3.8) is 0 Å². The monoisotopic (exact) mass is 492 g/mol. The number of nitrogens with two attached hydrogens (primary N) is 1. The van der Waals surface area contributed by atoms with E-state index in [4.69, 9.17) is 10.6 Å². The fourth-order valence-electron chi connectivity index (χ4n) is 5.40. The predicted octanol–water partition coefficient (Wildman–Crippen LogP) is -1.28. The Morgan fingerprint density at radius 2 is 2.18 bits per heavy atom. The number of carboxylic acid groups (broad SMARTS) is 1. The number of rotatable bonds is 7. The van der Waals surface area contributed by atoms with E-state index in [9.17, 15) is 19.5 Å². The van der Waals surface area contributed by atoms with Crippen molar-refractivity contribution in [2.45, 2.75) is 24.3 Å². The number of aliphatic carboxylic acids is 1. The van der Waals surface area contributed by atoms with Crippen LogP contribution in [-0.4, -0.2) is 88.3 Å². The molecule has 0 saturated carbocycles. The molecule has 11 nitrogen and oxygen atoms in total. The molecule has 3 saturated heterocycles. The van der Waals surface area contributed by atoms with E-state index in [0.717, 1.165) is 46.9 Å². The maximum Gasteiger partial charge on any atom is 0.276 e. The molecule has 1 aromatic rings. The van der Waals surface area contributed by atoms with E-state index in [1.54, 1.807) is 5.38 Å². The summed E-state index contributed by atoms with van der Waals surface area (Å²) in [6.07, 6.45) is 2.35. The highest BCUT2D eigenvalue weighted by Gasteiger charge is 2.54. The molecular weight excluding hydrogens is 468 g/mol. The number of aromatic nitrogens is 1. The van der Waals surface area contributed by atoms with Crippen LogP contribution >= 0.6 is 23.1 Å². The number of carbonyl (C=O) groups is 3. The highest BCUT2D eigenvalue weighted by Crippen LogP contribution is 2.43. The number of nitrogens with zero attached hydrogens (tertiary/aromatic N) is 4. The molecule has 1 aromatic heterocycles. The Morgan fingerprint density at radius 3 is 2.76 bits per heavy atom. The van der Waals surface area contributed by atoms with Gasteiger partial charge in [-0.1, -0.05) is 5.16 Å². The van der Waals surface area contributed by atoms with Crippen molar-refractivity contribution in [3.8, 4) is 0 Å². The lowest BCUT2D eigenvalue weighted by molar-refractivity contribution is -0.904. The number of nitrogen functional groups attached to an aromatic ring is 1. The zero-order valence-electron chi connectivity index (χ0n) is 18.0. The number of nitrogens with one attached hydrogen (secondary N) is 1. The summed E-state index contributed by atoms with van der Waals surface area (Å²) < 4.78 is 0.901. The number of anilines is 1. The molecular formula is C20H24N6O5S2. The summed E-state index contributed by atoms with van der Waals surface area (Å²) in [5.74, 6) is -1.27. The molecule has 5 rings (SSSR count). The number of carbonyl (C=O) groups excluding carboxylic acids is 3. The molecule has 5 heterocycles. The van der Waals surface area contributed by atoms with Crippen LogP contribution < -0.4 is 16.2 Å². The number of thiazole rings is 1. The van der Waals surface area contributed by atoms with Gasteiger partial charge in [0.2, 0.25) is 0 Å². The third kappa shape index (κ3) is 3.77. The Kier molecular flexibility index (Phi) is 5.57. The first-order chi connectivity index (χ1) is 15.8. The van der Waals surface area contributed by atoms with Crippen molar-refractivity contribution in [1.29, 1.82) is 0 Å². The molecule has 13 heteroatoms. The second-order valence-corrected chi connectivity index (χ2v) is 10.9.